The van der Waals surface area contributed by atoms with Gasteiger partial charge in [0, 0.05) is 29.3 Å². The smallest absolute Gasteiger partial charge is 0.326 e. The molecule has 2 atom stereocenters. The maximum atomic E-state index is 12.4. The lowest BCUT2D eigenvalue weighted by atomic mass is 10.0. The molecule has 2 aliphatic rings. The number of fused-ring (bicyclic) bond motifs is 3. The molecule has 1 fully saturated rings. The summed E-state index contributed by atoms with van der Waals surface area (Å²) in [4.78, 5) is 0. The molecular weight excluding hydrogens is 584 g/mol. The fourth-order valence-electron chi connectivity index (χ4n) is 5.11. The van der Waals surface area contributed by atoms with E-state index in [1.54, 1.807) is 24.3 Å². The number of aromatic nitrogens is 1. The van der Waals surface area contributed by atoms with Crippen molar-refractivity contribution in [1.82, 2.24) is 4.48 Å². The lowest BCUT2D eigenvalue weighted by Crippen LogP contribution is -2.37. The van der Waals surface area contributed by atoms with Gasteiger partial charge in [-0.25, -0.2) is 8.42 Å². The predicted molar refractivity (Wildman–Crippen MR) is 149 cm³/mol. The van der Waals surface area contributed by atoms with Crippen LogP contribution in [0, 0.1) is 0 Å². The zero-order valence-corrected chi connectivity index (χ0v) is 23.4. The van der Waals surface area contributed by atoms with Gasteiger partial charge in [0.1, 0.15) is 10.8 Å². The highest BCUT2D eigenvalue weighted by Gasteiger charge is 2.72. The van der Waals surface area contributed by atoms with Crippen molar-refractivity contribution >= 4 is 65.2 Å². The summed E-state index contributed by atoms with van der Waals surface area (Å²) >= 11 is 7.63. The number of thiazole rings is 1. The SMILES string of the molecule is O=S(=O)([O-])CCC[n+]1c(C=C2Oc3ccc(-c4ccccc4)cc3[N+]23CC3S(=O)(=O)O)sc2ccc(Cl)cc21. The van der Waals surface area contributed by atoms with Gasteiger partial charge in [0.05, 0.1) is 10.1 Å². The molecule has 6 rings (SSSR count). The second-order valence-electron chi connectivity index (χ2n) is 9.47. The number of halogens is 1. The highest BCUT2D eigenvalue weighted by molar-refractivity contribution is 7.86. The molecule has 13 heteroatoms. The van der Waals surface area contributed by atoms with Crippen LogP contribution in [-0.2, 0) is 26.8 Å². The van der Waals surface area contributed by atoms with Crippen LogP contribution in [0.1, 0.15) is 11.4 Å². The molecule has 1 spiro atoms. The zero-order valence-electron chi connectivity index (χ0n) is 20.2. The first-order valence-electron chi connectivity index (χ1n) is 12.0. The molecule has 39 heavy (non-hydrogen) atoms. The van der Waals surface area contributed by atoms with Gasteiger partial charge in [-0.1, -0.05) is 59.3 Å². The van der Waals surface area contributed by atoms with Gasteiger partial charge < -0.3 is 9.29 Å². The van der Waals surface area contributed by atoms with Crippen LogP contribution in [0.15, 0.2) is 72.6 Å². The number of benzene rings is 3. The van der Waals surface area contributed by atoms with Gasteiger partial charge in [-0.15, -0.1) is 0 Å². The number of ether oxygens (including phenoxy) is 1. The molecule has 2 aliphatic heterocycles. The summed E-state index contributed by atoms with van der Waals surface area (Å²) in [5, 5.41) is 0.0163. The maximum absolute atomic E-state index is 12.4. The Morgan fingerprint density at radius 1 is 1.08 bits per heavy atom. The van der Waals surface area contributed by atoms with E-state index in [2.05, 4.69) is 0 Å². The first kappa shape index (κ1) is 26.4. The van der Waals surface area contributed by atoms with Gasteiger partial charge >= 0.3 is 16.0 Å². The van der Waals surface area contributed by atoms with E-state index >= 15 is 0 Å². The average molecular weight is 606 g/mol. The molecule has 0 aliphatic carbocycles. The van der Waals surface area contributed by atoms with Crippen LogP contribution >= 0.6 is 22.9 Å². The van der Waals surface area contributed by atoms with E-state index in [4.69, 9.17) is 16.3 Å². The van der Waals surface area contributed by atoms with Crippen molar-refractivity contribution in [2.45, 2.75) is 18.3 Å². The van der Waals surface area contributed by atoms with E-state index in [0.29, 0.717) is 27.4 Å². The summed E-state index contributed by atoms with van der Waals surface area (Å²) in [7, 11) is -8.80. The molecule has 1 aromatic heterocycles. The van der Waals surface area contributed by atoms with E-state index in [9.17, 15) is 25.9 Å². The Balaban J connectivity index is 1.47. The van der Waals surface area contributed by atoms with Crippen LogP contribution in [0.25, 0.3) is 27.4 Å². The van der Waals surface area contributed by atoms with E-state index < -0.39 is 31.4 Å². The molecule has 3 heterocycles. The molecule has 1 saturated heterocycles. The Kier molecular flexibility index (Phi) is 6.34. The average Bonchev–Trinajstić information content (AvgIpc) is 3.47. The van der Waals surface area contributed by atoms with Crippen molar-refractivity contribution in [3.8, 4) is 16.9 Å². The van der Waals surface area contributed by atoms with Gasteiger partial charge in [-0.05, 0) is 29.3 Å². The summed E-state index contributed by atoms with van der Waals surface area (Å²) < 4.78 is 77.1. The van der Waals surface area contributed by atoms with E-state index in [0.717, 1.165) is 21.3 Å². The van der Waals surface area contributed by atoms with Gasteiger partial charge in [-0.3, -0.25) is 4.55 Å². The quantitative estimate of drug-likeness (QED) is 0.144. The number of hydrogen-bond donors (Lipinski definition) is 1. The molecule has 0 bridgehead atoms. The normalized spacial score (nSPS) is 21.4. The van der Waals surface area contributed by atoms with Crippen molar-refractivity contribution in [3.05, 3.63) is 82.6 Å². The molecule has 3 aromatic carbocycles. The highest BCUT2D eigenvalue weighted by atomic mass is 35.5. The third-order valence-electron chi connectivity index (χ3n) is 6.97. The van der Waals surface area contributed by atoms with Crippen molar-refractivity contribution in [1.29, 1.82) is 0 Å². The molecule has 0 saturated carbocycles. The summed E-state index contributed by atoms with van der Waals surface area (Å²) in [6.07, 6.45) is 1.80. The molecule has 1 N–H and O–H groups in total. The second-order valence-corrected chi connectivity index (χ2v) is 14.1. The zero-order chi connectivity index (χ0) is 27.6. The minimum absolute atomic E-state index is 0.0835. The first-order chi connectivity index (χ1) is 18.5. The summed E-state index contributed by atoms with van der Waals surface area (Å²) in [6, 6.07) is 20.5. The monoisotopic (exact) mass is 605 g/mol. The van der Waals surface area contributed by atoms with Crippen molar-refractivity contribution in [3.63, 3.8) is 0 Å². The van der Waals surface area contributed by atoms with E-state index in [-0.39, 0.29) is 24.0 Å². The molecule has 202 valence electrons. The lowest BCUT2D eigenvalue weighted by Gasteiger charge is -2.12. The molecular formula is C26H22ClN2O7S3+. The van der Waals surface area contributed by atoms with Gasteiger partial charge in [0.2, 0.25) is 5.52 Å². The van der Waals surface area contributed by atoms with Crippen molar-refractivity contribution < 1.29 is 35.2 Å². The van der Waals surface area contributed by atoms with E-state index in [1.807, 2.05) is 53.1 Å². The molecule has 2 unspecified atom stereocenters. The Hall–Kier alpha value is -2.84. The summed E-state index contributed by atoms with van der Waals surface area (Å²) in [5.74, 6) is 0.282. The van der Waals surface area contributed by atoms with Gasteiger partial charge in [0.25, 0.3) is 10.4 Å². The van der Waals surface area contributed by atoms with Crippen LogP contribution in [0.2, 0.25) is 5.02 Å². The minimum Gasteiger partial charge on any atom is -0.748 e. The van der Waals surface area contributed by atoms with Crippen LogP contribution in [-0.4, -0.2) is 43.6 Å². The Morgan fingerprint density at radius 3 is 2.54 bits per heavy atom. The van der Waals surface area contributed by atoms with Gasteiger partial charge in [0.15, 0.2) is 24.5 Å². The van der Waals surface area contributed by atoms with Crippen LogP contribution < -0.4 is 13.8 Å². The second kappa shape index (κ2) is 9.37. The number of rotatable bonds is 7. The number of aryl methyl sites for hydroxylation is 1. The summed E-state index contributed by atoms with van der Waals surface area (Å²) in [6.45, 7) is 0.314. The van der Waals surface area contributed by atoms with Crippen LogP contribution in [0.3, 0.4) is 0 Å². The first-order valence-corrected chi connectivity index (χ1v) is 16.2. The van der Waals surface area contributed by atoms with Gasteiger partial charge in [-0.2, -0.15) is 17.5 Å². The molecule has 4 aromatic rings. The Bertz CT molecular complexity index is 1870. The van der Waals surface area contributed by atoms with E-state index in [1.165, 1.54) is 11.3 Å². The fraction of sp³-hybridized carbons (Fsp3) is 0.192. The Labute approximate surface area is 234 Å². The molecule has 0 amide bonds. The Morgan fingerprint density at radius 2 is 1.85 bits per heavy atom. The number of nitrogens with zero attached hydrogens (tertiary/aromatic N) is 2. The minimum atomic E-state index is -4.41. The third-order valence-corrected chi connectivity index (χ3v) is 10.3. The van der Waals surface area contributed by atoms with Crippen LogP contribution in [0.4, 0.5) is 5.69 Å². The third kappa shape index (κ3) is 4.86. The highest BCUT2D eigenvalue weighted by Crippen LogP contribution is 2.56. The lowest BCUT2D eigenvalue weighted by molar-refractivity contribution is -0.668. The maximum Gasteiger partial charge on any atom is 0.326 e. The largest absolute Gasteiger partial charge is 0.748 e. The summed E-state index contributed by atoms with van der Waals surface area (Å²) in [5.41, 5.74) is 3.20. The fourth-order valence-corrected chi connectivity index (χ4v) is 7.95. The topological polar surface area (TPSA) is 125 Å². The van der Waals surface area contributed by atoms with Crippen molar-refractivity contribution in [2.75, 3.05) is 12.3 Å². The van der Waals surface area contributed by atoms with Crippen molar-refractivity contribution in [2.24, 2.45) is 0 Å². The molecule has 0 radical (unpaired) electrons. The number of quaternary nitrogens is 1. The van der Waals surface area contributed by atoms with Crippen LogP contribution in [0.5, 0.6) is 5.75 Å². The molecule has 9 nitrogen and oxygen atoms in total. The number of hydrogen-bond acceptors (Lipinski definition) is 7. The standard InChI is InChI=1S/C26H21ClN2O7S3/c27-19-8-10-23-20(14-19)28(11-4-12-38(30,31)32)24(37-23)15-25-29(16-26(29)39(33,34)35)21-13-18(7-9-22(21)36-25)17-5-2-1-3-6-17/h1-3,5-10,13-15,26H,4,11-12,16H2/p+1. The predicted octanol–water partition coefficient (Wildman–Crippen LogP) is 4.37.